The Hall–Kier alpha value is -2.79. The normalized spacial score (nSPS) is 16.4. The number of hydrogen-bond donors (Lipinski definition) is 0. The van der Waals surface area contributed by atoms with Crippen LogP contribution in [0.5, 0.6) is 5.75 Å². The first-order chi connectivity index (χ1) is 13.7. The Morgan fingerprint density at radius 1 is 1.21 bits per heavy atom. The molecular formula is C22H22ClN3O2. The van der Waals surface area contributed by atoms with Gasteiger partial charge in [0.2, 0.25) is 0 Å². The van der Waals surface area contributed by atoms with Crippen molar-refractivity contribution in [2.45, 2.75) is 25.8 Å². The van der Waals surface area contributed by atoms with Crippen molar-refractivity contribution in [3.8, 4) is 11.4 Å². The summed E-state index contributed by atoms with van der Waals surface area (Å²) in [6.07, 6.45) is 3.73. The van der Waals surface area contributed by atoms with Crippen LogP contribution in [-0.2, 0) is 0 Å². The quantitative estimate of drug-likeness (QED) is 0.617. The maximum atomic E-state index is 13.1. The molecule has 1 aliphatic rings. The van der Waals surface area contributed by atoms with Gasteiger partial charge < -0.3 is 9.64 Å². The second-order valence-corrected chi connectivity index (χ2v) is 7.22. The summed E-state index contributed by atoms with van der Waals surface area (Å²) < 4.78 is 7.20. The predicted molar refractivity (Wildman–Crippen MR) is 109 cm³/mol. The lowest BCUT2D eigenvalue weighted by Crippen LogP contribution is -2.31. The van der Waals surface area contributed by atoms with Crippen molar-refractivity contribution in [1.29, 1.82) is 0 Å². The minimum absolute atomic E-state index is 0.0443. The fourth-order valence-corrected chi connectivity index (χ4v) is 3.84. The van der Waals surface area contributed by atoms with Gasteiger partial charge in [-0.15, -0.1) is 0 Å². The van der Waals surface area contributed by atoms with E-state index in [2.05, 4.69) is 5.10 Å². The summed E-state index contributed by atoms with van der Waals surface area (Å²) in [6, 6.07) is 17.3. The molecule has 1 aliphatic heterocycles. The van der Waals surface area contributed by atoms with Gasteiger partial charge in [0.15, 0.2) is 5.69 Å². The van der Waals surface area contributed by atoms with E-state index in [-0.39, 0.29) is 11.9 Å². The average Bonchev–Trinajstić information content (AvgIpc) is 3.38. The first-order valence-corrected chi connectivity index (χ1v) is 9.89. The third kappa shape index (κ3) is 3.76. The molecule has 0 bridgehead atoms. The molecule has 1 amide bonds. The van der Waals surface area contributed by atoms with Gasteiger partial charge in [-0.3, -0.25) is 4.79 Å². The summed E-state index contributed by atoms with van der Waals surface area (Å²) >= 11 is 6.06. The van der Waals surface area contributed by atoms with Crippen LogP contribution in [0.15, 0.2) is 60.8 Å². The summed E-state index contributed by atoms with van der Waals surface area (Å²) in [7, 11) is 0. The van der Waals surface area contributed by atoms with Crippen LogP contribution in [0, 0.1) is 0 Å². The molecule has 144 valence electrons. The molecule has 1 aromatic heterocycles. The van der Waals surface area contributed by atoms with Gasteiger partial charge in [0, 0.05) is 17.8 Å². The molecule has 28 heavy (non-hydrogen) atoms. The summed E-state index contributed by atoms with van der Waals surface area (Å²) in [5.74, 6) is 0.805. The number of carbonyl (C=O) groups excluding carboxylic acids is 1. The van der Waals surface area contributed by atoms with Crippen molar-refractivity contribution in [2.75, 3.05) is 13.2 Å². The first kappa shape index (κ1) is 18.6. The molecule has 3 aromatic rings. The van der Waals surface area contributed by atoms with Gasteiger partial charge >= 0.3 is 0 Å². The number of nitrogens with zero attached hydrogens (tertiary/aromatic N) is 3. The highest BCUT2D eigenvalue weighted by molar-refractivity contribution is 6.30. The molecule has 1 unspecified atom stereocenters. The monoisotopic (exact) mass is 395 g/mol. The summed E-state index contributed by atoms with van der Waals surface area (Å²) in [6.45, 7) is 3.34. The number of carbonyl (C=O) groups is 1. The zero-order valence-electron chi connectivity index (χ0n) is 15.7. The van der Waals surface area contributed by atoms with Crippen molar-refractivity contribution in [2.24, 2.45) is 0 Å². The standard InChI is InChI=1S/C22H22ClN3O2/c1-2-28-19-10-8-16(9-11-19)21-7-4-13-25(21)22(27)20-12-14-26(24-20)18-6-3-5-17(23)15-18/h3,5-6,8-12,14-15,21H,2,4,7,13H2,1H3. The van der Waals surface area contributed by atoms with Crippen LogP contribution in [0.1, 0.15) is 41.9 Å². The van der Waals surface area contributed by atoms with Gasteiger partial charge in [-0.1, -0.05) is 29.8 Å². The van der Waals surface area contributed by atoms with Crippen LogP contribution in [-0.4, -0.2) is 33.7 Å². The van der Waals surface area contributed by atoms with Gasteiger partial charge in [0.05, 0.1) is 18.3 Å². The lowest BCUT2D eigenvalue weighted by Gasteiger charge is -2.24. The van der Waals surface area contributed by atoms with Gasteiger partial charge in [-0.25, -0.2) is 4.68 Å². The molecule has 1 fully saturated rings. The number of aromatic nitrogens is 2. The van der Waals surface area contributed by atoms with Crippen LogP contribution in [0.4, 0.5) is 0 Å². The smallest absolute Gasteiger partial charge is 0.274 e. The van der Waals surface area contributed by atoms with Crippen molar-refractivity contribution in [1.82, 2.24) is 14.7 Å². The number of halogens is 1. The van der Waals surface area contributed by atoms with Crippen LogP contribution < -0.4 is 4.74 Å². The predicted octanol–water partition coefficient (Wildman–Crippen LogP) is 4.90. The molecule has 0 N–H and O–H groups in total. The topological polar surface area (TPSA) is 47.4 Å². The van der Waals surface area contributed by atoms with E-state index >= 15 is 0 Å². The van der Waals surface area contributed by atoms with Crippen molar-refractivity contribution >= 4 is 17.5 Å². The van der Waals surface area contributed by atoms with E-state index < -0.39 is 0 Å². The Morgan fingerprint density at radius 2 is 2.04 bits per heavy atom. The molecule has 0 saturated carbocycles. The number of rotatable bonds is 5. The summed E-state index contributed by atoms with van der Waals surface area (Å²) in [5, 5.41) is 5.11. The Balaban J connectivity index is 1.54. The van der Waals surface area contributed by atoms with Crippen LogP contribution >= 0.6 is 11.6 Å². The van der Waals surface area contributed by atoms with Gasteiger partial charge in [0.1, 0.15) is 5.75 Å². The molecule has 2 aromatic carbocycles. The van der Waals surface area contributed by atoms with Crippen LogP contribution in [0.3, 0.4) is 0 Å². The largest absolute Gasteiger partial charge is 0.494 e. The molecule has 1 saturated heterocycles. The number of hydrogen-bond acceptors (Lipinski definition) is 3. The molecule has 0 spiro atoms. The van der Waals surface area contributed by atoms with Crippen molar-refractivity contribution in [3.05, 3.63) is 77.1 Å². The van der Waals surface area contributed by atoms with E-state index in [4.69, 9.17) is 16.3 Å². The Morgan fingerprint density at radius 3 is 2.79 bits per heavy atom. The Kier molecular flexibility index (Phi) is 5.35. The van der Waals surface area contributed by atoms with E-state index in [1.807, 2.05) is 60.4 Å². The Labute approximate surface area is 169 Å². The molecule has 5 nitrogen and oxygen atoms in total. The molecule has 4 rings (SSSR count). The first-order valence-electron chi connectivity index (χ1n) is 9.51. The highest BCUT2D eigenvalue weighted by Crippen LogP contribution is 2.33. The highest BCUT2D eigenvalue weighted by atomic mass is 35.5. The van der Waals surface area contributed by atoms with Gasteiger partial charge in [-0.05, 0) is 61.7 Å². The number of benzene rings is 2. The summed E-state index contributed by atoms with van der Waals surface area (Å²) in [4.78, 5) is 15.0. The zero-order valence-corrected chi connectivity index (χ0v) is 16.5. The minimum atomic E-state index is -0.0443. The maximum absolute atomic E-state index is 13.1. The van der Waals surface area contributed by atoms with Crippen molar-refractivity contribution < 1.29 is 9.53 Å². The molecular weight excluding hydrogens is 374 g/mol. The molecule has 0 radical (unpaired) electrons. The Bertz CT molecular complexity index is 968. The fourth-order valence-electron chi connectivity index (χ4n) is 3.66. The van der Waals surface area contributed by atoms with Gasteiger partial charge in [0.25, 0.3) is 5.91 Å². The number of likely N-dealkylation sites (tertiary alicyclic amines) is 1. The second-order valence-electron chi connectivity index (χ2n) is 6.78. The number of ether oxygens (including phenoxy) is 1. The lowest BCUT2D eigenvalue weighted by atomic mass is 10.0. The fraction of sp³-hybridized carbons (Fsp3) is 0.273. The molecule has 1 atom stereocenters. The summed E-state index contributed by atoms with van der Waals surface area (Å²) in [5.41, 5.74) is 2.40. The van der Waals surface area contributed by atoms with Crippen LogP contribution in [0.2, 0.25) is 5.02 Å². The molecule has 2 heterocycles. The van der Waals surface area contributed by atoms with E-state index in [0.29, 0.717) is 17.3 Å². The lowest BCUT2D eigenvalue weighted by molar-refractivity contribution is 0.0729. The maximum Gasteiger partial charge on any atom is 0.274 e. The van der Waals surface area contributed by atoms with E-state index in [1.54, 1.807) is 16.9 Å². The van der Waals surface area contributed by atoms with E-state index in [1.165, 1.54) is 0 Å². The average molecular weight is 396 g/mol. The van der Waals surface area contributed by atoms with E-state index in [0.717, 1.165) is 36.4 Å². The molecule has 0 aliphatic carbocycles. The third-order valence-corrected chi connectivity index (χ3v) is 5.21. The minimum Gasteiger partial charge on any atom is -0.494 e. The SMILES string of the molecule is CCOc1ccc(C2CCCN2C(=O)c2ccn(-c3cccc(Cl)c3)n2)cc1. The zero-order chi connectivity index (χ0) is 19.5. The van der Waals surface area contributed by atoms with Gasteiger partial charge in [-0.2, -0.15) is 5.10 Å². The van der Waals surface area contributed by atoms with Crippen LogP contribution in [0.25, 0.3) is 5.69 Å². The van der Waals surface area contributed by atoms with E-state index in [9.17, 15) is 4.79 Å². The number of amides is 1. The highest BCUT2D eigenvalue weighted by Gasteiger charge is 2.31. The molecule has 6 heteroatoms. The third-order valence-electron chi connectivity index (χ3n) is 4.97. The second kappa shape index (κ2) is 8.07. The van der Waals surface area contributed by atoms with Crippen molar-refractivity contribution in [3.63, 3.8) is 0 Å².